The summed E-state index contributed by atoms with van der Waals surface area (Å²) in [5, 5.41) is 4.75. The molecule has 1 fully saturated rings. The molecule has 0 bridgehead atoms. The summed E-state index contributed by atoms with van der Waals surface area (Å²) in [5.41, 5.74) is 3.48. The van der Waals surface area contributed by atoms with Crippen molar-refractivity contribution in [1.29, 1.82) is 0 Å². The average molecular weight is 270 g/mol. The van der Waals surface area contributed by atoms with Gasteiger partial charge in [0.1, 0.15) is 0 Å². The van der Waals surface area contributed by atoms with Crippen LogP contribution in [0, 0.1) is 12.8 Å². The van der Waals surface area contributed by atoms with Gasteiger partial charge in [-0.1, -0.05) is 12.1 Å². The third kappa shape index (κ3) is 3.35. The molecule has 1 aliphatic heterocycles. The van der Waals surface area contributed by atoms with Gasteiger partial charge in [0.2, 0.25) is 0 Å². The molecule has 0 amide bonds. The number of aryl methyl sites for hydroxylation is 1. The van der Waals surface area contributed by atoms with E-state index in [1.165, 1.54) is 23.8 Å². The van der Waals surface area contributed by atoms with Gasteiger partial charge in [0.25, 0.3) is 0 Å². The highest BCUT2D eigenvalue weighted by Gasteiger charge is 2.14. The van der Waals surface area contributed by atoms with Crippen LogP contribution in [0.3, 0.4) is 0 Å². The molecule has 1 unspecified atom stereocenters. The van der Waals surface area contributed by atoms with Crippen LogP contribution < -0.4 is 5.32 Å². The summed E-state index contributed by atoms with van der Waals surface area (Å²) in [6.45, 7) is 5.92. The van der Waals surface area contributed by atoms with Crippen LogP contribution in [-0.4, -0.2) is 24.7 Å². The molecule has 2 heterocycles. The molecule has 2 aromatic rings. The lowest BCUT2D eigenvalue weighted by atomic mass is 10.1. The zero-order valence-corrected chi connectivity index (χ0v) is 12.1. The van der Waals surface area contributed by atoms with Crippen LogP contribution in [0.4, 0.5) is 0 Å². The Kier molecular flexibility index (Phi) is 4.28. The molecule has 1 aromatic carbocycles. The van der Waals surface area contributed by atoms with Gasteiger partial charge in [0.05, 0.1) is 5.52 Å². The van der Waals surface area contributed by atoms with Crippen LogP contribution in [0.2, 0.25) is 0 Å². The lowest BCUT2D eigenvalue weighted by Gasteiger charge is -2.09. The minimum atomic E-state index is 0.756. The van der Waals surface area contributed by atoms with Gasteiger partial charge in [-0.05, 0) is 56.0 Å². The molecule has 3 nitrogen and oxygen atoms in total. The number of hydrogen-bond acceptors (Lipinski definition) is 3. The molecule has 20 heavy (non-hydrogen) atoms. The van der Waals surface area contributed by atoms with Crippen molar-refractivity contribution in [3.8, 4) is 0 Å². The van der Waals surface area contributed by atoms with E-state index in [-0.39, 0.29) is 0 Å². The second kappa shape index (κ2) is 6.33. The number of ether oxygens (including phenoxy) is 1. The van der Waals surface area contributed by atoms with Gasteiger partial charge in [-0.15, -0.1) is 0 Å². The first-order valence-electron chi connectivity index (χ1n) is 7.46. The van der Waals surface area contributed by atoms with Crippen LogP contribution in [0.25, 0.3) is 10.9 Å². The molecule has 3 rings (SSSR count). The van der Waals surface area contributed by atoms with Crippen molar-refractivity contribution in [3.05, 3.63) is 41.6 Å². The van der Waals surface area contributed by atoms with Crippen LogP contribution in [0.15, 0.2) is 30.3 Å². The van der Waals surface area contributed by atoms with Crippen molar-refractivity contribution in [2.45, 2.75) is 26.3 Å². The number of aromatic nitrogens is 1. The third-order valence-corrected chi connectivity index (χ3v) is 3.98. The largest absolute Gasteiger partial charge is 0.381 e. The Morgan fingerprint density at radius 2 is 2.25 bits per heavy atom. The van der Waals surface area contributed by atoms with E-state index in [0.29, 0.717) is 0 Å². The molecule has 1 atom stereocenters. The first-order chi connectivity index (χ1) is 9.81. The molecule has 1 N–H and O–H groups in total. The zero-order chi connectivity index (χ0) is 13.8. The van der Waals surface area contributed by atoms with Gasteiger partial charge in [-0.3, -0.25) is 4.98 Å². The van der Waals surface area contributed by atoms with E-state index in [1.807, 2.05) is 6.92 Å². The van der Waals surface area contributed by atoms with Crippen LogP contribution in [0.1, 0.15) is 24.1 Å². The highest BCUT2D eigenvalue weighted by molar-refractivity contribution is 5.79. The summed E-state index contributed by atoms with van der Waals surface area (Å²) in [7, 11) is 0. The Labute approximate surface area is 120 Å². The van der Waals surface area contributed by atoms with E-state index < -0.39 is 0 Å². The third-order valence-electron chi connectivity index (χ3n) is 3.98. The van der Waals surface area contributed by atoms with Gasteiger partial charge in [-0.25, -0.2) is 0 Å². The molecule has 1 aliphatic rings. The molecule has 3 heteroatoms. The predicted molar refractivity (Wildman–Crippen MR) is 81.7 cm³/mol. The summed E-state index contributed by atoms with van der Waals surface area (Å²) in [4.78, 5) is 4.53. The van der Waals surface area contributed by atoms with Gasteiger partial charge in [0.15, 0.2) is 0 Å². The molecular formula is C17H22N2O. The summed E-state index contributed by atoms with van der Waals surface area (Å²) in [6.07, 6.45) is 2.44. The van der Waals surface area contributed by atoms with E-state index in [9.17, 15) is 0 Å². The Balaban J connectivity index is 1.53. The molecule has 0 aliphatic carbocycles. The van der Waals surface area contributed by atoms with Gasteiger partial charge >= 0.3 is 0 Å². The Morgan fingerprint density at radius 3 is 3.10 bits per heavy atom. The topological polar surface area (TPSA) is 34.1 Å². The van der Waals surface area contributed by atoms with Gasteiger partial charge in [0, 0.05) is 30.8 Å². The smallest absolute Gasteiger partial charge is 0.0705 e. The van der Waals surface area contributed by atoms with Gasteiger partial charge < -0.3 is 10.1 Å². The Bertz CT molecular complexity index is 576. The second-order valence-electron chi connectivity index (χ2n) is 5.67. The van der Waals surface area contributed by atoms with Crippen molar-refractivity contribution in [3.63, 3.8) is 0 Å². The standard InChI is InChI=1S/C17H22N2O/c1-13-2-4-16-10-15(3-5-17(16)19-13)11-18-8-6-14-7-9-20-12-14/h2-5,10,14,18H,6-9,11-12H2,1H3. The van der Waals surface area contributed by atoms with E-state index in [2.05, 4.69) is 40.6 Å². The van der Waals surface area contributed by atoms with Crippen molar-refractivity contribution < 1.29 is 4.74 Å². The molecule has 1 aromatic heterocycles. The zero-order valence-electron chi connectivity index (χ0n) is 12.1. The van der Waals surface area contributed by atoms with E-state index >= 15 is 0 Å². The number of pyridine rings is 1. The summed E-state index contributed by atoms with van der Waals surface area (Å²) in [6, 6.07) is 10.7. The Hall–Kier alpha value is -1.45. The summed E-state index contributed by atoms with van der Waals surface area (Å²) >= 11 is 0. The number of rotatable bonds is 5. The maximum Gasteiger partial charge on any atom is 0.0705 e. The minimum absolute atomic E-state index is 0.756. The van der Waals surface area contributed by atoms with Crippen molar-refractivity contribution in [2.75, 3.05) is 19.8 Å². The summed E-state index contributed by atoms with van der Waals surface area (Å²) in [5.74, 6) is 0.756. The van der Waals surface area contributed by atoms with E-state index in [1.54, 1.807) is 0 Å². The fourth-order valence-electron chi connectivity index (χ4n) is 2.74. The first-order valence-corrected chi connectivity index (χ1v) is 7.46. The van der Waals surface area contributed by atoms with Crippen LogP contribution in [0.5, 0.6) is 0 Å². The average Bonchev–Trinajstić information content (AvgIpc) is 2.97. The van der Waals surface area contributed by atoms with Crippen molar-refractivity contribution in [2.24, 2.45) is 5.92 Å². The SMILES string of the molecule is Cc1ccc2cc(CNCCC3CCOC3)ccc2n1. The fraction of sp³-hybridized carbons (Fsp3) is 0.471. The van der Waals surface area contributed by atoms with E-state index in [4.69, 9.17) is 4.74 Å². The maximum absolute atomic E-state index is 5.40. The number of fused-ring (bicyclic) bond motifs is 1. The lowest BCUT2D eigenvalue weighted by Crippen LogP contribution is -2.18. The number of benzene rings is 1. The van der Waals surface area contributed by atoms with E-state index in [0.717, 1.165) is 43.4 Å². The molecule has 0 radical (unpaired) electrons. The normalized spacial score (nSPS) is 18.8. The lowest BCUT2D eigenvalue weighted by molar-refractivity contribution is 0.184. The summed E-state index contributed by atoms with van der Waals surface area (Å²) < 4.78 is 5.40. The second-order valence-corrected chi connectivity index (χ2v) is 5.67. The van der Waals surface area contributed by atoms with Crippen molar-refractivity contribution >= 4 is 10.9 Å². The van der Waals surface area contributed by atoms with Crippen LogP contribution >= 0.6 is 0 Å². The molecule has 0 spiro atoms. The number of hydrogen-bond donors (Lipinski definition) is 1. The fourth-order valence-corrected chi connectivity index (χ4v) is 2.74. The highest BCUT2D eigenvalue weighted by atomic mass is 16.5. The van der Waals surface area contributed by atoms with Crippen molar-refractivity contribution in [1.82, 2.24) is 10.3 Å². The maximum atomic E-state index is 5.40. The molecule has 106 valence electrons. The number of nitrogens with one attached hydrogen (secondary N) is 1. The molecular weight excluding hydrogens is 248 g/mol. The quantitative estimate of drug-likeness (QED) is 0.848. The number of nitrogens with zero attached hydrogens (tertiary/aromatic N) is 1. The first kappa shape index (κ1) is 13.5. The van der Waals surface area contributed by atoms with Crippen LogP contribution in [-0.2, 0) is 11.3 Å². The Morgan fingerprint density at radius 1 is 1.30 bits per heavy atom. The van der Waals surface area contributed by atoms with Gasteiger partial charge in [-0.2, -0.15) is 0 Å². The minimum Gasteiger partial charge on any atom is -0.381 e. The molecule has 1 saturated heterocycles. The molecule has 0 saturated carbocycles. The monoisotopic (exact) mass is 270 g/mol. The predicted octanol–water partition coefficient (Wildman–Crippen LogP) is 3.06. The highest BCUT2D eigenvalue weighted by Crippen LogP contribution is 2.16.